The van der Waals surface area contributed by atoms with Crippen LogP contribution in [-0.2, 0) is 0 Å². The summed E-state index contributed by atoms with van der Waals surface area (Å²) >= 11 is 0. The molecule has 20 heavy (non-hydrogen) atoms. The standard InChI is InChI=1S/C18H28N2/c1-13(2)14-4-6-15(7-5-14)18-16(10-11-20(18)3)12-19-17-8-9-17/h4-7,13,16-19H,8-12H2,1-3H3. The molecule has 1 N–H and O–H groups in total. The maximum absolute atomic E-state index is 3.72. The van der Waals surface area contributed by atoms with Crippen LogP contribution in [0.3, 0.4) is 0 Å². The first kappa shape index (κ1) is 14.1. The normalized spacial score (nSPS) is 27.4. The highest BCUT2D eigenvalue weighted by Gasteiger charge is 2.34. The Labute approximate surface area is 123 Å². The molecule has 3 rings (SSSR count). The summed E-state index contributed by atoms with van der Waals surface area (Å²) in [6, 6.07) is 10.8. The van der Waals surface area contributed by atoms with Crippen LogP contribution in [0.2, 0.25) is 0 Å². The molecule has 1 aromatic rings. The number of likely N-dealkylation sites (tertiary alicyclic amines) is 1. The van der Waals surface area contributed by atoms with Gasteiger partial charge in [-0.25, -0.2) is 0 Å². The number of hydrogen-bond donors (Lipinski definition) is 1. The van der Waals surface area contributed by atoms with Gasteiger partial charge >= 0.3 is 0 Å². The van der Waals surface area contributed by atoms with Crippen LogP contribution < -0.4 is 5.32 Å². The molecule has 0 spiro atoms. The lowest BCUT2D eigenvalue weighted by atomic mass is 9.92. The molecular weight excluding hydrogens is 244 g/mol. The predicted molar refractivity (Wildman–Crippen MR) is 85.0 cm³/mol. The van der Waals surface area contributed by atoms with E-state index >= 15 is 0 Å². The van der Waals surface area contributed by atoms with Crippen molar-refractivity contribution in [2.24, 2.45) is 5.92 Å². The summed E-state index contributed by atoms with van der Waals surface area (Å²) < 4.78 is 0. The Morgan fingerprint density at radius 3 is 2.45 bits per heavy atom. The second kappa shape index (κ2) is 5.87. The topological polar surface area (TPSA) is 15.3 Å². The summed E-state index contributed by atoms with van der Waals surface area (Å²) in [5.74, 6) is 1.39. The van der Waals surface area contributed by atoms with Gasteiger partial charge in [-0.05, 0) is 55.8 Å². The van der Waals surface area contributed by atoms with Crippen LogP contribution in [-0.4, -0.2) is 31.1 Å². The van der Waals surface area contributed by atoms with Crippen LogP contribution in [0.15, 0.2) is 24.3 Å². The van der Waals surface area contributed by atoms with Gasteiger partial charge in [-0.3, -0.25) is 4.90 Å². The Morgan fingerprint density at radius 1 is 1.15 bits per heavy atom. The van der Waals surface area contributed by atoms with Crippen LogP contribution in [0, 0.1) is 5.92 Å². The highest BCUT2D eigenvalue weighted by atomic mass is 15.2. The van der Waals surface area contributed by atoms with Crippen molar-refractivity contribution < 1.29 is 0 Å². The maximum atomic E-state index is 3.72. The summed E-state index contributed by atoms with van der Waals surface area (Å²) in [4.78, 5) is 2.53. The predicted octanol–water partition coefficient (Wildman–Crippen LogP) is 3.55. The van der Waals surface area contributed by atoms with E-state index in [0.717, 1.165) is 12.0 Å². The maximum Gasteiger partial charge on any atom is 0.0385 e. The van der Waals surface area contributed by atoms with E-state index in [1.807, 2.05) is 0 Å². The van der Waals surface area contributed by atoms with Crippen molar-refractivity contribution >= 4 is 0 Å². The first-order valence-electron chi connectivity index (χ1n) is 8.18. The molecule has 2 nitrogen and oxygen atoms in total. The molecule has 0 aromatic heterocycles. The minimum absolute atomic E-state index is 0.600. The highest BCUT2D eigenvalue weighted by Crippen LogP contribution is 2.36. The first-order valence-corrected chi connectivity index (χ1v) is 8.18. The second-order valence-corrected chi connectivity index (χ2v) is 6.98. The number of benzene rings is 1. The van der Waals surface area contributed by atoms with Crippen molar-refractivity contribution in [3.8, 4) is 0 Å². The van der Waals surface area contributed by atoms with Crippen LogP contribution in [0.4, 0.5) is 0 Å². The van der Waals surface area contributed by atoms with Crippen molar-refractivity contribution in [3.05, 3.63) is 35.4 Å². The fraction of sp³-hybridized carbons (Fsp3) is 0.667. The van der Waals surface area contributed by atoms with E-state index in [1.54, 1.807) is 0 Å². The van der Waals surface area contributed by atoms with Gasteiger partial charge in [-0.15, -0.1) is 0 Å². The fourth-order valence-corrected chi connectivity index (χ4v) is 3.45. The van der Waals surface area contributed by atoms with Gasteiger partial charge in [0.05, 0.1) is 0 Å². The zero-order chi connectivity index (χ0) is 14.1. The van der Waals surface area contributed by atoms with Gasteiger partial charge in [-0.1, -0.05) is 38.1 Å². The number of hydrogen-bond acceptors (Lipinski definition) is 2. The van der Waals surface area contributed by atoms with Crippen LogP contribution >= 0.6 is 0 Å². The summed E-state index contributed by atoms with van der Waals surface area (Å²) in [7, 11) is 2.28. The van der Waals surface area contributed by atoms with E-state index in [-0.39, 0.29) is 0 Å². The molecule has 110 valence electrons. The largest absolute Gasteiger partial charge is 0.314 e. The summed E-state index contributed by atoms with van der Waals surface area (Å²) in [5, 5.41) is 3.72. The number of nitrogens with zero attached hydrogens (tertiary/aromatic N) is 1. The molecule has 1 aliphatic heterocycles. The quantitative estimate of drug-likeness (QED) is 0.882. The Bertz CT molecular complexity index is 433. The van der Waals surface area contributed by atoms with Gasteiger partial charge in [-0.2, -0.15) is 0 Å². The van der Waals surface area contributed by atoms with Crippen LogP contribution in [0.5, 0.6) is 0 Å². The SMILES string of the molecule is CC(C)c1ccc(C2C(CNC3CC3)CCN2C)cc1. The van der Waals surface area contributed by atoms with Crippen LogP contribution in [0.1, 0.15) is 56.2 Å². The Balaban J connectivity index is 1.70. The molecule has 2 unspecified atom stereocenters. The van der Waals surface area contributed by atoms with E-state index in [0.29, 0.717) is 12.0 Å². The monoisotopic (exact) mass is 272 g/mol. The van der Waals surface area contributed by atoms with Gasteiger partial charge in [0.2, 0.25) is 0 Å². The van der Waals surface area contributed by atoms with Crippen molar-refractivity contribution in [2.45, 2.75) is 51.1 Å². The van der Waals surface area contributed by atoms with Crippen molar-refractivity contribution in [1.29, 1.82) is 0 Å². The van der Waals surface area contributed by atoms with Gasteiger partial charge in [0, 0.05) is 18.6 Å². The summed E-state index contributed by atoms with van der Waals surface area (Å²) in [5.41, 5.74) is 2.94. The third-order valence-electron chi connectivity index (χ3n) is 4.96. The number of nitrogens with one attached hydrogen (secondary N) is 1. The second-order valence-electron chi connectivity index (χ2n) is 6.98. The Hall–Kier alpha value is -0.860. The molecule has 0 radical (unpaired) electrons. The fourth-order valence-electron chi connectivity index (χ4n) is 3.45. The molecule has 2 fully saturated rings. The molecule has 1 aliphatic carbocycles. The van der Waals surface area contributed by atoms with E-state index in [4.69, 9.17) is 0 Å². The average Bonchev–Trinajstić information content (AvgIpc) is 3.20. The summed E-state index contributed by atoms with van der Waals surface area (Å²) in [6.45, 7) is 6.94. The van der Waals surface area contributed by atoms with Gasteiger partial charge < -0.3 is 5.32 Å². The lowest BCUT2D eigenvalue weighted by molar-refractivity contribution is 0.272. The molecule has 2 aliphatic rings. The Morgan fingerprint density at radius 2 is 1.85 bits per heavy atom. The van der Waals surface area contributed by atoms with Gasteiger partial charge in [0.25, 0.3) is 0 Å². The van der Waals surface area contributed by atoms with E-state index in [9.17, 15) is 0 Å². The average molecular weight is 272 g/mol. The smallest absolute Gasteiger partial charge is 0.0385 e. The van der Waals surface area contributed by atoms with E-state index in [2.05, 4.69) is 55.4 Å². The summed E-state index contributed by atoms with van der Waals surface area (Å²) in [6.07, 6.45) is 4.10. The number of rotatable bonds is 5. The molecule has 2 heteroatoms. The van der Waals surface area contributed by atoms with Gasteiger partial charge in [0.1, 0.15) is 0 Å². The third-order valence-corrected chi connectivity index (χ3v) is 4.96. The van der Waals surface area contributed by atoms with Crippen molar-refractivity contribution in [1.82, 2.24) is 10.2 Å². The van der Waals surface area contributed by atoms with Crippen molar-refractivity contribution in [2.75, 3.05) is 20.1 Å². The highest BCUT2D eigenvalue weighted by molar-refractivity contribution is 5.28. The molecule has 1 heterocycles. The van der Waals surface area contributed by atoms with E-state index < -0.39 is 0 Å². The molecule has 0 amide bonds. The molecule has 2 atom stereocenters. The lowest BCUT2D eigenvalue weighted by Gasteiger charge is -2.26. The minimum Gasteiger partial charge on any atom is -0.314 e. The zero-order valence-corrected chi connectivity index (χ0v) is 13.1. The van der Waals surface area contributed by atoms with E-state index in [1.165, 1.54) is 43.5 Å². The van der Waals surface area contributed by atoms with Crippen molar-refractivity contribution in [3.63, 3.8) is 0 Å². The molecule has 0 bridgehead atoms. The first-order chi connectivity index (χ1) is 9.65. The molecule has 1 saturated carbocycles. The molecule has 1 aromatic carbocycles. The molecular formula is C18H28N2. The molecule has 1 saturated heterocycles. The minimum atomic E-state index is 0.600. The lowest BCUT2D eigenvalue weighted by Crippen LogP contribution is -2.29. The van der Waals surface area contributed by atoms with Crippen LogP contribution in [0.25, 0.3) is 0 Å². The Kier molecular flexibility index (Phi) is 4.13. The van der Waals surface area contributed by atoms with Gasteiger partial charge in [0.15, 0.2) is 0 Å². The zero-order valence-electron chi connectivity index (χ0n) is 13.1. The third kappa shape index (κ3) is 3.07.